The van der Waals surface area contributed by atoms with E-state index >= 15 is 0 Å². The third-order valence-corrected chi connectivity index (χ3v) is 4.58. The van der Waals surface area contributed by atoms with Crippen molar-refractivity contribution < 1.29 is 4.74 Å². The lowest BCUT2D eigenvalue weighted by Crippen LogP contribution is -2.16. The van der Waals surface area contributed by atoms with Gasteiger partial charge in [0.2, 0.25) is 0 Å². The monoisotopic (exact) mass is 350 g/mol. The highest BCUT2D eigenvalue weighted by molar-refractivity contribution is 9.11. The average molecular weight is 351 g/mol. The maximum absolute atomic E-state index is 8.93. The first kappa shape index (κ1) is 15.0. The van der Waals surface area contributed by atoms with Gasteiger partial charge in [0.05, 0.1) is 16.5 Å². The van der Waals surface area contributed by atoms with Crippen LogP contribution < -0.4 is 10.1 Å². The van der Waals surface area contributed by atoms with Crippen molar-refractivity contribution in [2.75, 3.05) is 13.7 Å². The number of ether oxygens (including phenoxy) is 1. The summed E-state index contributed by atoms with van der Waals surface area (Å²) in [5.41, 5.74) is 1.69. The Morgan fingerprint density at radius 1 is 1.35 bits per heavy atom. The molecule has 2 rings (SSSR count). The van der Waals surface area contributed by atoms with Crippen LogP contribution in [-0.4, -0.2) is 13.7 Å². The largest absolute Gasteiger partial charge is 0.495 e. The van der Waals surface area contributed by atoms with E-state index in [1.165, 1.54) is 8.66 Å². The zero-order valence-electron chi connectivity index (χ0n) is 11.1. The van der Waals surface area contributed by atoms with Crippen molar-refractivity contribution in [3.05, 3.63) is 50.1 Å². The van der Waals surface area contributed by atoms with Gasteiger partial charge in [0, 0.05) is 18.0 Å². The van der Waals surface area contributed by atoms with E-state index in [-0.39, 0.29) is 0 Å². The minimum atomic E-state index is 0.569. The Kier molecular flexibility index (Phi) is 5.60. The first-order valence-electron chi connectivity index (χ1n) is 6.25. The number of nitrogens with zero attached hydrogens (tertiary/aromatic N) is 1. The number of thiophene rings is 1. The van der Waals surface area contributed by atoms with Gasteiger partial charge in [-0.1, -0.05) is 6.07 Å². The highest BCUT2D eigenvalue weighted by atomic mass is 79.9. The van der Waals surface area contributed by atoms with E-state index in [1.807, 2.05) is 12.1 Å². The normalized spacial score (nSPS) is 10.2. The highest BCUT2D eigenvalue weighted by Gasteiger charge is 2.03. The molecular formula is C15H15BrN2OS. The molecule has 1 aromatic heterocycles. The molecule has 1 aromatic carbocycles. The van der Waals surface area contributed by atoms with Crippen molar-refractivity contribution in [1.82, 2.24) is 5.32 Å². The molecule has 0 saturated heterocycles. The molecule has 0 unspecified atom stereocenters. The SMILES string of the molecule is COc1cc(CNCCc2ccc(Br)s2)ccc1C#N. The molecule has 104 valence electrons. The number of benzene rings is 1. The Hall–Kier alpha value is -1.35. The van der Waals surface area contributed by atoms with E-state index in [1.54, 1.807) is 24.5 Å². The van der Waals surface area contributed by atoms with Crippen LogP contribution in [0.3, 0.4) is 0 Å². The summed E-state index contributed by atoms with van der Waals surface area (Å²) in [7, 11) is 1.59. The first-order chi connectivity index (χ1) is 9.72. The van der Waals surface area contributed by atoms with Gasteiger partial charge in [-0.15, -0.1) is 11.3 Å². The van der Waals surface area contributed by atoms with Crippen LogP contribution in [0.15, 0.2) is 34.1 Å². The summed E-state index contributed by atoms with van der Waals surface area (Å²) in [4.78, 5) is 1.36. The van der Waals surface area contributed by atoms with E-state index in [2.05, 4.69) is 39.4 Å². The summed E-state index contributed by atoms with van der Waals surface area (Å²) < 4.78 is 6.37. The lowest BCUT2D eigenvalue weighted by molar-refractivity contribution is 0.412. The van der Waals surface area contributed by atoms with Crippen molar-refractivity contribution in [1.29, 1.82) is 5.26 Å². The van der Waals surface area contributed by atoms with Gasteiger partial charge in [0.25, 0.3) is 0 Å². The molecule has 1 N–H and O–H groups in total. The number of rotatable bonds is 6. The third kappa shape index (κ3) is 4.07. The minimum Gasteiger partial charge on any atom is -0.495 e. The summed E-state index contributed by atoms with van der Waals surface area (Å²) in [5.74, 6) is 0.633. The smallest absolute Gasteiger partial charge is 0.136 e. The molecule has 0 radical (unpaired) electrons. The average Bonchev–Trinajstić information content (AvgIpc) is 2.89. The molecule has 5 heteroatoms. The van der Waals surface area contributed by atoms with Crippen LogP contribution in [0.1, 0.15) is 16.0 Å². The van der Waals surface area contributed by atoms with Crippen molar-refractivity contribution in [3.8, 4) is 11.8 Å². The van der Waals surface area contributed by atoms with Crippen molar-refractivity contribution in [3.63, 3.8) is 0 Å². The molecule has 20 heavy (non-hydrogen) atoms. The zero-order chi connectivity index (χ0) is 14.4. The second kappa shape index (κ2) is 7.44. The van der Waals surface area contributed by atoms with Crippen LogP contribution in [0.5, 0.6) is 5.75 Å². The van der Waals surface area contributed by atoms with Gasteiger partial charge in [-0.25, -0.2) is 0 Å². The van der Waals surface area contributed by atoms with E-state index < -0.39 is 0 Å². The topological polar surface area (TPSA) is 45.0 Å². The number of nitrogens with one attached hydrogen (secondary N) is 1. The summed E-state index contributed by atoms with van der Waals surface area (Å²) in [6.45, 7) is 1.70. The number of halogens is 1. The number of hydrogen-bond donors (Lipinski definition) is 1. The van der Waals surface area contributed by atoms with Crippen LogP contribution in [0.25, 0.3) is 0 Å². The number of nitriles is 1. The van der Waals surface area contributed by atoms with Gasteiger partial charge in [-0.3, -0.25) is 0 Å². The van der Waals surface area contributed by atoms with Crippen LogP contribution >= 0.6 is 27.3 Å². The molecule has 0 saturated carbocycles. The third-order valence-electron chi connectivity index (χ3n) is 2.89. The molecule has 0 amide bonds. The van der Waals surface area contributed by atoms with Crippen LogP contribution in [0.2, 0.25) is 0 Å². The Morgan fingerprint density at radius 2 is 2.20 bits per heavy atom. The maximum Gasteiger partial charge on any atom is 0.136 e. The van der Waals surface area contributed by atoms with Crippen molar-refractivity contribution in [2.24, 2.45) is 0 Å². The molecule has 2 aromatic rings. The maximum atomic E-state index is 8.93. The van der Waals surface area contributed by atoms with Crippen LogP contribution in [0.4, 0.5) is 0 Å². The predicted molar refractivity (Wildman–Crippen MR) is 85.1 cm³/mol. The van der Waals surface area contributed by atoms with E-state index in [0.717, 1.165) is 25.1 Å². The standard InChI is InChI=1S/C15H15BrN2OS/c1-19-14-8-11(2-3-12(14)9-17)10-18-7-6-13-4-5-15(16)20-13/h2-5,8,18H,6-7,10H2,1H3. The second-order valence-corrected chi connectivity index (χ2v) is 6.83. The van der Waals surface area contributed by atoms with E-state index in [9.17, 15) is 0 Å². The fraction of sp³-hybridized carbons (Fsp3) is 0.267. The van der Waals surface area contributed by atoms with Gasteiger partial charge in [-0.05, 0) is 52.2 Å². The van der Waals surface area contributed by atoms with Gasteiger partial charge in [0.1, 0.15) is 11.8 Å². The van der Waals surface area contributed by atoms with Gasteiger partial charge >= 0.3 is 0 Å². The number of hydrogen-bond acceptors (Lipinski definition) is 4. The summed E-state index contributed by atoms with van der Waals surface area (Å²) in [6, 6.07) is 12.0. The Balaban J connectivity index is 1.83. The molecule has 0 aliphatic rings. The molecular weight excluding hydrogens is 336 g/mol. The van der Waals surface area contributed by atoms with Gasteiger partial charge < -0.3 is 10.1 Å². The van der Waals surface area contributed by atoms with Crippen LogP contribution in [-0.2, 0) is 13.0 Å². The zero-order valence-corrected chi connectivity index (χ0v) is 13.6. The van der Waals surface area contributed by atoms with Gasteiger partial charge in [0.15, 0.2) is 0 Å². The molecule has 0 spiro atoms. The van der Waals surface area contributed by atoms with Crippen LogP contribution in [0, 0.1) is 11.3 Å². The van der Waals surface area contributed by atoms with Crippen molar-refractivity contribution in [2.45, 2.75) is 13.0 Å². The fourth-order valence-corrected chi connectivity index (χ4v) is 3.35. The molecule has 0 bridgehead atoms. The molecule has 0 fully saturated rings. The molecule has 0 atom stereocenters. The lowest BCUT2D eigenvalue weighted by atomic mass is 10.1. The van der Waals surface area contributed by atoms with E-state index in [4.69, 9.17) is 10.00 Å². The molecule has 0 aliphatic heterocycles. The summed E-state index contributed by atoms with van der Waals surface area (Å²) in [5, 5.41) is 12.3. The first-order valence-corrected chi connectivity index (χ1v) is 7.86. The number of methoxy groups -OCH3 is 1. The summed E-state index contributed by atoms with van der Waals surface area (Å²) >= 11 is 5.23. The van der Waals surface area contributed by atoms with E-state index in [0.29, 0.717) is 11.3 Å². The predicted octanol–water partition coefficient (Wildman–Crippen LogP) is 3.72. The fourth-order valence-electron chi connectivity index (χ4n) is 1.87. The molecule has 1 heterocycles. The van der Waals surface area contributed by atoms with Gasteiger partial charge in [-0.2, -0.15) is 5.26 Å². The lowest BCUT2D eigenvalue weighted by Gasteiger charge is -2.07. The Bertz CT molecular complexity index is 619. The highest BCUT2D eigenvalue weighted by Crippen LogP contribution is 2.22. The molecule has 0 aliphatic carbocycles. The second-order valence-electron chi connectivity index (χ2n) is 4.28. The Labute approximate surface area is 131 Å². The minimum absolute atomic E-state index is 0.569. The Morgan fingerprint density at radius 3 is 2.85 bits per heavy atom. The quantitative estimate of drug-likeness (QED) is 0.807. The summed E-state index contributed by atoms with van der Waals surface area (Å²) in [6.07, 6.45) is 1.02. The molecule has 3 nitrogen and oxygen atoms in total. The van der Waals surface area contributed by atoms with Crippen molar-refractivity contribution >= 4 is 27.3 Å².